The Morgan fingerprint density at radius 1 is 1.36 bits per heavy atom. The van der Waals surface area contributed by atoms with Crippen molar-refractivity contribution < 1.29 is 14.3 Å². The molecule has 1 aliphatic rings. The number of carbonyl (C=O) groups excluding carboxylic acids is 1. The third-order valence-corrected chi connectivity index (χ3v) is 3.69. The lowest BCUT2D eigenvalue weighted by Gasteiger charge is -2.02. The first kappa shape index (κ1) is 14.1. The molecule has 0 radical (unpaired) electrons. The Morgan fingerprint density at radius 3 is 3.05 bits per heavy atom. The van der Waals surface area contributed by atoms with Crippen molar-refractivity contribution in [3.8, 4) is 18.1 Å². The number of hydrogen-bond donors (Lipinski definition) is 0. The minimum absolute atomic E-state index is 0.197. The molecule has 5 heteroatoms. The Labute approximate surface area is 131 Å². The second-order valence-electron chi connectivity index (χ2n) is 4.38. The van der Waals surface area contributed by atoms with Crippen molar-refractivity contribution in [2.75, 3.05) is 6.61 Å². The Hall–Kier alpha value is -2.84. The number of aliphatic imine (C=N–C) groups is 1. The monoisotopic (exact) mass is 309 g/mol. The minimum Gasteiger partial charge on any atom is -0.481 e. The molecule has 0 spiro atoms. The predicted molar refractivity (Wildman–Crippen MR) is 85.7 cm³/mol. The maximum Gasteiger partial charge on any atom is 0.363 e. The summed E-state index contributed by atoms with van der Waals surface area (Å²) in [7, 11) is 0. The molecule has 2 aromatic rings. The number of hydrogen-bond acceptors (Lipinski definition) is 5. The molecule has 108 valence electrons. The maximum atomic E-state index is 11.9. The summed E-state index contributed by atoms with van der Waals surface area (Å²) in [5.74, 6) is 2.92. The van der Waals surface area contributed by atoms with E-state index in [1.54, 1.807) is 18.2 Å². The molecule has 3 rings (SSSR count). The van der Waals surface area contributed by atoms with Gasteiger partial charge in [0.25, 0.3) is 0 Å². The molecule has 2 heterocycles. The van der Waals surface area contributed by atoms with Gasteiger partial charge in [0.1, 0.15) is 12.4 Å². The average Bonchev–Trinajstić information content (AvgIpc) is 3.16. The van der Waals surface area contributed by atoms with Crippen LogP contribution in [-0.2, 0) is 9.53 Å². The van der Waals surface area contributed by atoms with E-state index in [-0.39, 0.29) is 12.3 Å². The van der Waals surface area contributed by atoms with Crippen LogP contribution in [0.2, 0.25) is 0 Å². The maximum absolute atomic E-state index is 11.9. The second-order valence-corrected chi connectivity index (χ2v) is 5.33. The van der Waals surface area contributed by atoms with Gasteiger partial charge in [-0.3, -0.25) is 0 Å². The number of carbonyl (C=O) groups is 1. The quantitative estimate of drug-likeness (QED) is 0.495. The fourth-order valence-electron chi connectivity index (χ4n) is 1.89. The summed E-state index contributed by atoms with van der Waals surface area (Å²) >= 11 is 1.47. The minimum atomic E-state index is -0.460. The molecule has 1 aromatic heterocycles. The van der Waals surface area contributed by atoms with E-state index in [1.807, 2.05) is 29.6 Å². The van der Waals surface area contributed by atoms with Crippen LogP contribution in [0.15, 0.2) is 52.5 Å². The van der Waals surface area contributed by atoms with E-state index in [0.29, 0.717) is 11.6 Å². The Morgan fingerprint density at radius 2 is 2.27 bits per heavy atom. The molecule has 0 unspecified atom stereocenters. The highest BCUT2D eigenvalue weighted by atomic mass is 32.1. The SMILES string of the molecule is C#CCOc1cccc(/C=C2/N=C(c3cccs3)OC2=O)c1. The molecular formula is C17H11NO3S. The number of nitrogens with zero attached hydrogens (tertiary/aromatic N) is 1. The summed E-state index contributed by atoms with van der Waals surface area (Å²) < 4.78 is 10.5. The zero-order valence-electron chi connectivity index (χ0n) is 11.5. The molecule has 4 nitrogen and oxygen atoms in total. The second kappa shape index (κ2) is 6.29. The summed E-state index contributed by atoms with van der Waals surface area (Å²) in [6.45, 7) is 0.197. The van der Waals surface area contributed by atoms with Gasteiger partial charge in [0.05, 0.1) is 4.88 Å². The zero-order valence-corrected chi connectivity index (χ0v) is 12.3. The fourth-order valence-corrected chi connectivity index (χ4v) is 2.54. The molecule has 0 atom stereocenters. The van der Waals surface area contributed by atoms with Crippen LogP contribution in [0.3, 0.4) is 0 Å². The molecule has 1 aliphatic heterocycles. The van der Waals surface area contributed by atoms with Gasteiger partial charge >= 0.3 is 5.97 Å². The third kappa shape index (κ3) is 3.08. The van der Waals surface area contributed by atoms with Gasteiger partial charge in [-0.15, -0.1) is 17.8 Å². The molecule has 0 N–H and O–H groups in total. The van der Waals surface area contributed by atoms with Gasteiger partial charge in [-0.05, 0) is 35.2 Å². The van der Waals surface area contributed by atoms with Gasteiger partial charge in [0.2, 0.25) is 5.90 Å². The smallest absolute Gasteiger partial charge is 0.363 e. The van der Waals surface area contributed by atoms with E-state index < -0.39 is 5.97 Å². The number of terminal acetylenes is 1. The molecule has 0 bridgehead atoms. The first-order valence-corrected chi connectivity index (χ1v) is 7.37. The van der Waals surface area contributed by atoms with Crippen LogP contribution in [0.1, 0.15) is 10.4 Å². The Kier molecular flexibility index (Phi) is 4.03. The molecular weight excluding hydrogens is 298 g/mol. The first-order chi connectivity index (χ1) is 10.8. The van der Waals surface area contributed by atoms with Crippen LogP contribution >= 0.6 is 11.3 Å². The van der Waals surface area contributed by atoms with E-state index in [2.05, 4.69) is 10.9 Å². The van der Waals surface area contributed by atoms with Crippen LogP contribution in [0.4, 0.5) is 0 Å². The predicted octanol–water partition coefficient (Wildman–Crippen LogP) is 3.10. The molecule has 22 heavy (non-hydrogen) atoms. The number of cyclic esters (lactones) is 1. The third-order valence-electron chi connectivity index (χ3n) is 2.84. The number of rotatable bonds is 4. The summed E-state index contributed by atoms with van der Waals surface area (Å²) in [5.41, 5.74) is 1.05. The lowest BCUT2D eigenvalue weighted by atomic mass is 10.2. The lowest BCUT2D eigenvalue weighted by molar-refractivity contribution is -0.129. The van der Waals surface area contributed by atoms with E-state index >= 15 is 0 Å². The van der Waals surface area contributed by atoms with E-state index in [1.165, 1.54) is 11.3 Å². The summed E-state index contributed by atoms with van der Waals surface area (Å²) in [4.78, 5) is 16.9. The molecule has 0 saturated carbocycles. The van der Waals surface area contributed by atoms with Crippen molar-refractivity contribution >= 4 is 29.3 Å². The highest BCUT2D eigenvalue weighted by Crippen LogP contribution is 2.22. The first-order valence-electron chi connectivity index (χ1n) is 6.49. The van der Waals surface area contributed by atoms with Crippen LogP contribution in [0.5, 0.6) is 5.75 Å². The molecule has 0 aliphatic carbocycles. The van der Waals surface area contributed by atoms with Crippen molar-refractivity contribution in [1.29, 1.82) is 0 Å². The van der Waals surface area contributed by atoms with E-state index in [0.717, 1.165) is 10.4 Å². The Bertz CT molecular complexity index is 798. The summed E-state index contributed by atoms with van der Waals surface area (Å²) in [5, 5.41) is 1.90. The van der Waals surface area contributed by atoms with Crippen molar-refractivity contribution in [3.05, 3.63) is 57.9 Å². The van der Waals surface area contributed by atoms with Crippen LogP contribution < -0.4 is 4.74 Å². The van der Waals surface area contributed by atoms with E-state index in [4.69, 9.17) is 15.9 Å². The van der Waals surface area contributed by atoms with Crippen LogP contribution in [-0.4, -0.2) is 18.5 Å². The van der Waals surface area contributed by atoms with Gasteiger partial charge in [-0.25, -0.2) is 9.79 Å². The van der Waals surface area contributed by atoms with Crippen molar-refractivity contribution in [2.24, 2.45) is 4.99 Å². The zero-order chi connectivity index (χ0) is 15.4. The van der Waals surface area contributed by atoms with Gasteiger partial charge in [0, 0.05) is 0 Å². The van der Waals surface area contributed by atoms with Crippen LogP contribution in [0, 0.1) is 12.3 Å². The molecule has 0 fully saturated rings. The number of benzene rings is 1. The standard InChI is InChI=1S/C17H11NO3S/c1-2-8-20-13-6-3-5-12(10-13)11-14-17(19)21-16(18-14)15-7-4-9-22-15/h1,3-7,9-11H,8H2/b14-11+. The Balaban J connectivity index is 1.86. The fraction of sp³-hybridized carbons (Fsp3) is 0.0588. The van der Waals surface area contributed by atoms with Crippen molar-refractivity contribution in [1.82, 2.24) is 0 Å². The van der Waals surface area contributed by atoms with Gasteiger partial charge < -0.3 is 9.47 Å². The van der Waals surface area contributed by atoms with E-state index in [9.17, 15) is 4.79 Å². The summed E-state index contributed by atoms with van der Waals surface area (Å²) in [6, 6.07) is 11.0. The molecule has 0 amide bonds. The van der Waals surface area contributed by atoms with Crippen molar-refractivity contribution in [2.45, 2.75) is 0 Å². The number of thiophene rings is 1. The molecule has 0 saturated heterocycles. The van der Waals surface area contributed by atoms with Crippen LogP contribution in [0.25, 0.3) is 6.08 Å². The van der Waals surface area contributed by atoms with Gasteiger partial charge in [0.15, 0.2) is 5.70 Å². The molecule has 1 aromatic carbocycles. The highest BCUT2D eigenvalue weighted by molar-refractivity contribution is 7.12. The average molecular weight is 309 g/mol. The lowest BCUT2D eigenvalue weighted by Crippen LogP contribution is -2.03. The highest BCUT2D eigenvalue weighted by Gasteiger charge is 2.24. The van der Waals surface area contributed by atoms with Gasteiger partial charge in [-0.1, -0.05) is 24.1 Å². The van der Waals surface area contributed by atoms with Crippen molar-refractivity contribution in [3.63, 3.8) is 0 Å². The number of ether oxygens (including phenoxy) is 2. The number of esters is 1. The largest absolute Gasteiger partial charge is 0.481 e. The van der Waals surface area contributed by atoms with Gasteiger partial charge in [-0.2, -0.15) is 0 Å². The topological polar surface area (TPSA) is 47.9 Å². The summed E-state index contributed by atoms with van der Waals surface area (Å²) in [6.07, 6.45) is 6.82. The normalized spacial score (nSPS) is 15.3.